The summed E-state index contributed by atoms with van der Waals surface area (Å²) in [7, 11) is 1.41. The Hall–Kier alpha value is -1.61. The monoisotopic (exact) mass is 232 g/mol. The number of methoxy groups -OCH3 is 1. The van der Waals surface area contributed by atoms with E-state index in [4.69, 9.17) is 4.74 Å². The molecule has 2 nitrogen and oxygen atoms in total. The summed E-state index contributed by atoms with van der Waals surface area (Å²) < 4.78 is 5.88. The van der Waals surface area contributed by atoms with E-state index in [9.17, 15) is 4.79 Å². The molecule has 0 bridgehead atoms. The molecule has 0 fully saturated rings. The van der Waals surface area contributed by atoms with Gasteiger partial charge in [-0.3, -0.25) is 0 Å². The van der Waals surface area contributed by atoms with Crippen LogP contribution in [-0.2, 0) is 4.74 Å². The molecule has 0 aliphatic rings. The summed E-state index contributed by atoms with van der Waals surface area (Å²) in [4.78, 5) is 12.6. The summed E-state index contributed by atoms with van der Waals surface area (Å²) in [5, 5.41) is 0.958. The molecular weight excluding hydrogens is 220 g/mol. The smallest absolute Gasteiger partial charge is 0.339 e. The van der Waals surface area contributed by atoms with Gasteiger partial charge in [-0.2, -0.15) is 0 Å². The number of esters is 1. The third-order valence-electron chi connectivity index (χ3n) is 2.52. The molecule has 1 aromatic heterocycles. The SMILES string of the molecule is C=Cc1ccc2c(C(=O)OC)c(C)sc2c1. The first kappa shape index (κ1) is 10.9. The van der Waals surface area contributed by atoms with Crippen LogP contribution in [0, 0.1) is 6.92 Å². The van der Waals surface area contributed by atoms with Crippen LogP contribution in [0.15, 0.2) is 24.8 Å². The van der Waals surface area contributed by atoms with E-state index < -0.39 is 0 Å². The van der Waals surface area contributed by atoms with Gasteiger partial charge in [-0.15, -0.1) is 11.3 Å². The standard InChI is InChI=1S/C13H12O2S/c1-4-9-5-6-10-11(7-9)16-8(2)12(10)13(14)15-3/h4-7H,1H2,2-3H3. The maximum Gasteiger partial charge on any atom is 0.339 e. The van der Waals surface area contributed by atoms with Crippen molar-refractivity contribution in [2.45, 2.75) is 6.92 Å². The number of fused-ring (bicyclic) bond motifs is 1. The highest BCUT2D eigenvalue weighted by Gasteiger charge is 2.16. The Balaban J connectivity index is 2.71. The second-order valence-corrected chi connectivity index (χ2v) is 4.74. The fourth-order valence-corrected chi connectivity index (χ4v) is 2.82. The molecule has 1 heterocycles. The van der Waals surface area contributed by atoms with Crippen molar-refractivity contribution in [1.82, 2.24) is 0 Å². The lowest BCUT2D eigenvalue weighted by Gasteiger charge is -1.99. The molecule has 0 radical (unpaired) electrons. The van der Waals surface area contributed by atoms with Crippen LogP contribution in [0.1, 0.15) is 20.8 Å². The summed E-state index contributed by atoms with van der Waals surface area (Å²) in [5.74, 6) is -0.268. The van der Waals surface area contributed by atoms with Crippen LogP contribution in [0.25, 0.3) is 16.2 Å². The van der Waals surface area contributed by atoms with E-state index in [-0.39, 0.29) is 5.97 Å². The minimum Gasteiger partial charge on any atom is -0.465 e. The Morgan fingerprint density at radius 2 is 2.25 bits per heavy atom. The van der Waals surface area contributed by atoms with Gasteiger partial charge in [0.2, 0.25) is 0 Å². The summed E-state index contributed by atoms with van der Waals surface area (Å²) in [6, 6.07) is 5.93. The van der Waals surface area contributed by atoms with Crippen molar-refractivity contribution in [3.05, 3.63) is 40.8 Å². The summed E-state index contributed by atoms with van der Waals surface area (Å²) in [6.07, 6.45) is 1.80. The topological polar surface area (TPSA) is 26.3 Å². The molecule has 0 amide bonds. The average molecular weight is 232 g/mol. The average Bonchev–Trinajstić information content (AvgIpc) is 2.62. The van der Waals surface area contributed by atoms with Crippen molar-refractivity contribution in [1.29, 1.82) is 0 Å². The molecule has 1 aromatic carbocycles. The molecular formula is C13H12O2S. The van der Waals surface area contributed by atoms with E-state index in [0.717, 1.165) is 20.5 Å². The fourth-order valence-electron chi connectivity index (χ4n) is 1.72. The molecule has 0 spiro atoms. The fraction of sp³-hybridized carbons (Fsp3) is 0.154. The molecule has 82 valence electrons. The predicted octanol–water partition coefficient (Wildman–Crippen LogP) is 3.64. The van der Waals surface area contributed by atoms with Gasteiger partial charge in [-0.05, 0) is 18.6 Å². The number of hydrogen-bond acceptors (Lipinski definition) is 3. The first-order valence-corrected chi connectivity index (χ1v) is 5.73. The Morgan fingerprint density at radius 1 is 1.50 bits per heavy atom. The number of aryl methyl sites for hydroxylation is 1. The largest absolute Gasteiger partial charge is 0.465 e. The van der Waals surface area contributed by atoms with Crippen LogP contribution < -0.4 is 0 Å². The van der Waals surface area contributed by atoms with Gasteiger partial charge in [-0.25, -0.2) is 4.79 Å². The number of rotatable bonds is 2. The van der Waals surface area contributed by atoms with Crippen molar-refractivity contribution < 1.29 is 9.53 Å². The Bertz CT molecular complexity index is 567. The normalized spacial score (nSPS) is 10.4. The van der Waals surface area contributed by atoms with Crippen LogP contribution in [0.3, 0.4) is 0 Å². The minimum atomic E-state index is -0.268. The molecule has 0 saturated heterocycles. The van der Waals surface area contributed by atoms with Gasteiger partial charge in [0.15, 0.2) is 0 Å². The van der Waals surface area contributed by atoms with E-state index in [0.29, 0.717) is 5.56 Å². The predicted molar refractivity (Wildman–Crippen MR) is 68.0 cm³/mol. The zero-order chi connectivity index (χ0) is 11.7. The van der Waals surface area contributed by atoms with Gasteiger partial charge in [0.05, 0.1) is 12.7 Å². The van der Waals surface area contributed by atoms with E-state index in [1.54, 1.807) is 17.4 Å². The highest BCUT2D eigenvalue weighted by molar-refractivity contribution is 7.19. The lowest BCUT2D eigenvalue weighted by Crippen LogP contribution is -2.01. The molecule has 0 N–H and O–H groups in total. The number of carbonyl (C=O) groups excluding carboxylic acids is 1. The summed E-state index contributed by atoms with van der Waals surface area (Å²) >= 11 is 1.60. The van der Waals surface area contributed by atoms with Gasteiger partial charge in [-0.1, -0.05) is 24.8 Å². The van der Waals surface area contributed by atoms with E-state index in [2.05, 4.69) is 6.58 Å². The first-order chi connectivity index (χ1) is 7.67. The van der Waals surface area contributed by atoms with Gasteiger partial charge in [0.25, 0.3) is 0 Å². The Labute approximate surface area is 98.2 Å². The molecule has 2 aromatic rings. The molecule has 0 aliphatic heterocycles. The lowest BCUT2D eigenvalue weighted by molar-refractivity contribution is 0.0603. The second-order valence-electron chi connectivity index (χ2n) is 3.48. The van der Waals surface area contributed by atoms with Crippen molar-refractivity contribution in [2.24, 2.45) is 0 Å². The summed E-state index contributed by atoms with van der Waals surface area (Å²) in [6.45, 7) is 5.67. The maximum atomic E-state index is 11.6. The number of hydrogen-bond donors (Lipinski definition) is 0. The quantitative estimate of drug-likeness (QED) is 0.739. The number of thiophene rings is 1. The second kappa shape index (κ2) is 4.10. The molecule has 0 aliphatic carbocycles. The van der Waals surface area contributed by atoms with Gasteiger partial charge >= 0.3 is 5.97 Å². The van der Waals surface area contributed by atoms with Crippen LogP contribution in [0.2, 0.25) is 0 Å². The molecule has 0 saturated carbocycles. The van der Waals surface area contributed by atoms with Gasteiger partial charge in [0, 0.05) is 15.0 Å². The minimum absolute atomic E-state index is 0.268. The zero-order valence-corrected chi connectivity index (χ0v) is 10.1. The number of ether oxygens (including phenoxy) is 1. The summed E-state index contributed by atoms with van der Waals surface area (Å²) in [5.41, 5.74) is 1.74. The highest BCUT2D eigenvalue weighted by Crippen LogP contribution is 2.32. The number of carbonyl (C=O) groups is 1. The van der Waals surface area contributed by atoms with Crippen LogP contribution in [-0.4, -0.2) is 13.1 Å². The maximum absolute atomic E-state index is 11.6. The molecule has 0 unspecified atom stereocenters. The van der Waals surface area contributed by atoms with E-state index in [1.807, 2.05) is 25.1 Å². The van der Waals surface area contributed by atoms with E-state index >= 15 is 0 Å². The Kier molecular flexibility index (Phi) is 2.79. The van der Waals surface area contributed by atoms with Crippen LogP contribution in [0.4, 0.5) is 0 Å². The highest BCUT2D eigenvalue weighted by atomic mass is 32.1. The zero-order valence-electron chi connectivity index (χ0n) is 9.24. The molecule has 3 heteroatoms. The number of benzene rings is 1. The van der Waals surface area contributed by atoms with Crippen molar-refractivity contribution >= 4 is 33.5 Å². The lowest BCUT2D eigenvalue weighted by atomic mass is 10.1. The third kappa shape index (κ3) is 1.63. The molecule has 0 atom stereocenters. The van der Waals surface area contributed by atoms with Crippen molar-refractivity contribution in [3.8, 4) is 0 Å². The third-order valence-corrected chi connectivity index (χ3v) is 3.58. The molecule has 16 heavy (non-hydrogen) atoms. The first-order valence-electron chi connectivity index (χ1n) is 4.91. The van der Waals surface area contributed by atoms with Gasteiger partial charge in [0.1, 0.15) is 0 Å². The van der Waals surface area contributed by atoms with E-state index in [1.165, 1.54) is 7.11 Å². The van der Waals surface area contributed by atoms with Crippen molar-refractivity contribution in [3.63, 3.8) is 0 Å². The Morgan fingerprint density at radius 3 is 2.88 bits per heavy atom. The molecule has 2 rings (SSSR count). The van der Waals surface area contributed by atoms with Crippen LogP contribution >= 0.6 is 11.3 Å². The van der Waals surface area contributed by atoms with Crippen molar-refractivity contribution in [2.75, 3.05) is 7.11 Å². The van der Waals surface area contributed by atoms with Crippen LogP contribution in [0.5, 0.6) is 0 Å². The van der Waals surface area contributed by atoms with Gasteiger partial charge < -0.3 is 4.74 Å².